The molecular weight excluding hydrogens is 844 g/mol. The number of carbonyl (C=O) groups excluding carboxylic acids is 3. The third kappa shape index (κ3) is 15.4. The van der Waals surface area contributed by atoms with Crippen LogP contribution in [0.4, 0.5) is 0 Å². The Labute approximate surface area is 369 Å². The summed E-state index contributed by atoms with van der Waals surface area (Å²) >= 11 is 0. The fraction of sp³-hybridized carbons (Fsp3) is 0.523. The summed E-state index contributed by atoms with van der Waals surface area (Å²) in [5.41, 5.74) is 2.24. The Bertz CT molecular complexity index is 1890. The minimum absolute atomic E-state index is 0.0254. The van der Waals surface area contributed by atoms with Crippen molar-refractivity contribution in [2.75, 3.05) is 65.9 Å². The zero-order chi connectivity index (χ0) is 46.0. The van der Waals surface area contributed by atoms with Gasteiger partial charge >= 0.3 is 5.97 Å². The summed E-state index contributed by atoms with van der Waals surface area (Å²) in [4.78, 5) is 38.2. The lowest BCUT2D eigenvalue weighted by Gasteiger charge is -2.38. The Balaban J connectivity index is 1.04. The van der Waals surface area contributed by atoms with E-state index in [-0.39, 0.29) is 89.8 Å². The van der Waals surface area contributed by atoms with E-state index in [1.54, 1.807) is 50.2 Å². The van der Waals surface area contributed by atoms with Gasteiger partial charge in [-0.2, -0.15) is 0 Å². The highest BCUT2D eigenvalue weighted by Gasteiger charge is 2.43. The minimum Gasteiger partial charge on any atom is -0.484 e. The van der Waals surface area contributed by atoms with Crippen molar-refractivity contribution in [2.45, 2.75) is 81.9 Å². The molecule has 3 aromatic carbocycles. The molecular formula is C44H58N2O18. The van der Waals surface area contributed by atoms with Gasteiger partial charge in [0, 0.05) is 13.1 Å². The van der Waals surface area contributed by atoms with Crippen LogP contribution in [0.15, 0.2) is 72.8 Å². The molecule has 352 valence electrons. The second-order valence-corrected chi connectivity index (χ2v) is 14.9. The maximum atomic E-state index is 13.2. The first kappa shape index (κ1) is 50.2. The number of ether oxygens (including phenoxy) is 9. The van der Waals surface area contributed by atoms with Crippen LogP contribution in [0.1, 0.15) is 29.8 Å². The molecule has 0 aromatic heterocycles. The number of hydrogen-bond donors (Lipinski definition) is 8. The molecule has 2 fully saturated rings. The van der Waals surface area contributed by atoms with Crippen molar-refractivity contribution in [2.24, 2.45) is 0 Å². The van der Waals surface area contributed by atoms with Crippen molar-refractivity contribution in [3.8, 4) is 22.6 Å². The average Bonchev–Trinajstić information content (AvgIpc) is 3.30. The van der Waals surface area contributed by atoms with Crippen LogP contribution in [-0.2, 0) is 49.4 Å². The molecule has 64 heavy (non-hydrogen) atoms. The Hall–Kier alpha value is -4.81. The van der Waals surface area contributed by atoms with Gasteiger partial charge in [-0.1, -0.05) is 42.5 Å². The minimum atomic E-state index is -1.42. The second-order valence-electron chi connectivity index (χ2n) is 14.9. The number of carbonyl (C=O) groups is 3. The van der Waals surface area contributed by atoms with Gasteiger partial charge in [-0.05, 0) is 60.9 Å². The highest BCUT2D eigenvalue weighted by atomic mass is 16.7. The molecule has 2 heterocycles. The summed E-state index contributed by atoms with van der Waals surface area (Å²) in [7, 11) is 0. The summed E-state index contributed by atoms with van der Waals surface area (Å²) in [5.74, 6) is -0.813. The van der Waals surface area contributed by atoms with Crippen molar-refractivity contribution >= 4 is 17.8 Å². The standard InChI is InChI=1S/C44H58N2O18/c1-26-36(49)38(51)40(53)43(63-26)58-18-16-56-14-12-45-34(47)24-60-32-10-8-29(9-11-32)30-20-31(42(55)62-23-28-6-4-3-5-7-28)22-33(21-30)61-25-35(48)46-13-15-57-17-19-59-44-41(54)39(52)37(50)27(2)64-44/h3-11,20-22,26-27,36-41,43-44,49-54H,12-19,23-25H2,1-2H3,(H,45,47)(H,46,48)/t26-,27-,36-,37-,38+,39+,40+,41+,43+,44+/m0/s1. The summed E-state index contributed by atoms with van der Waals surface area (Å²) in [6, 6.07) is 20.8. The van der Waals surface area contributed by atoms with E-state index in [2.05, 4.69) is 10.6 Å². The van der Waals surface area contributed by atoms with Crippen LogP contribution < -0.4 is 20.1 Å². The van der Waals surface area contributed by atoms with Crippen LogP contribution in [0.25, 0.3) is 11.1 Å². The Kier molecular flexibility index (Phi) is 20.1. The van der Waals surface area contributed by atoms with Crippen LogP contribution in [0.3, 0.4) is 0 Å². The Morgan fingerprint density at radius 1 is 0.562 bits per heavy atom. The molecule has 5 rings (SSSR count). The predicted molar refractivity (Wildman–Crippen MR) is 223 cm³/mol. The zero-order valence-electron chi connectivity index (χ0n) is 35.6. The number of rotatable bonds is 24. The molecule has 2 amide bonds. The van der Waals surface area contributed by atoms with Gasteiger partial charge in [0.2, 0.25) is 0 Å². The van der Waals surface area contributed by atoms with E-state index in [0.29, 0.717) is 16.9 Å². The molecule has 2 saturated heterocycles. The molecule has 0 saturated carbocycles. The number of aliphatic hydroxyl groups is 6. The second kappa shape index (κ2) is 25.6. The first-order chi connectivity index (χ1) is 30.8. The molecule has 20 nitrogen and oxygen atoms in total. The van der Waals surface area contributed by atoms with Crippen molar-refractivity contribution in [1.82, 2.24) is 10.6 Å². The van der Waals surface area contributed by atoms with Crippen LogP contribution in [-0.4, -0.2) is 176 Å². The van der Waals surface area contributed by atoms with E-state index in [1.807, 2.05) is 30.3 Å². The third-order valence-electron chi connectivity index (χ3n) is 10.1. The number of aliphatic hydroxyl groups excluding tert-OH is 6. The topological polar surface area (TPSA) is 280 Å². The van der Waals surface area contributed by atoms with E-state index >= 15 is 0 Å². The molecule has 20 heteroatoms. The van der Waals surface area contributed by atoms with Gasteiger partial charge in [0.15, 0.2) is 25.8 Å². The van der Waals surface area contributed by atoms with E-state index in [0.717, 1.165) is 5.56 Å². The zero-order valence-corrected chi connectivity index (χ0v) is 35.6. The molecule has 0 aliphatic carbocycles. The normalized spacial score (nSPS) is 25.6. The predicted octanol–water partition coefficient (Wildman–Crippen LogP) is -0.578. The summed E-state index contributed by atoms with van der Waals surface area (Å²) < 4.78 is 49.5. The van der Waals surface area contributed by atoms with E-state index in [9.17, 15) is 45.0 Å². The fourth-order valence-corrected chi connectivity index (χ4v) is 6.39. The van der Waals surface area contributed by atoms with Crippen LogP contribution >= 0.6 is 0 Å². The van der Waals surface area contributed by atoms with Crippen molar-refractivity contribution < 1.29 is 87.7 Å². The van der Waals surface area contributed by atoms with Crippen LogP contribution in [0.5, 0.6) is 11.5 Å². The first-order valence-corrected chi connectivity index (χ1v) is 20.8. The van der Waals surface area contributed by atoms with Crippen molar-refractivity contribution in [3.63, 3.8) is 0 Å². The first-order valence-electron chi connectivity index (χ1n) is 20.8. The largest absolute Gasteiger partial charge is 0.484 e. The lowest BCUT2D eigenvalue weighted by molar-refractivity contribution is -0.294. The molecule has 10 atom stereocenters. The molecule has 0 bridgehead atoms. The SMILES string of the molecule is C[C@@H]1O[C@@H](OCCOCCNC(=O)COc2ccc(-c3cc(OCC(=O)NCCOCCO[C@@H]4O[C@@H](C)[C@H](O)[C@@H](O)[C@H]4O)cc(C(=O)OCc4ccccc4)c3)cc2)[C@H](O)[C@H](O)[C@H]1O. The van der Waals surface area contributed by atoms with Gasteiger partial charge < -0.3 is 83.9 Å². The van der Waals surface area contributed by atoms with Crippen molar-refractivity contribution in [1.29, 1.82) is 0 Å². The van der Waals surface area contributed by atoms with Gasteiger partial charge in [0.05, 0.1) is 57.4 Å². The molecule has 3 aromatic rings. The van der Waals surface area contributed by atoms with E-state index in [4.69, 9.17) is 42.6 Å². The van der Waals surface area contributed by atoms with Gasteiger partial charge in [0.1, 0.15) is 54.7 Å². The summed E-state index contributed by atoms with van der Waals surface area (Å²) in [5, 5.41) is 64.8. The van der Waals surface area contributed by atoms with E-state index in [1.165, 1.54) is 6.07 Å². The lowest BCUT2D eigenvalue weighted by Crippen LogP contribution is -2.57. The van der Waals surface area contributed by atoms with Gasteiger partial charge in [0.25, 0.3) is 11.8 Å². The maximum Gasteiger partial charge on any atom is 0.338 e. The molecule has 0 spiro atoms. The fourth-order valence-electron chi connectivity index (χ4n) is 6.39. The lowest BCUT2D eigenvalue weighted by atomic mass is 10.0. The van der Waals surface area contributed by atoms with Crippen molar-refractivity contribution in [3.05, 3.63) is 83.9 Å². The van der Waals surface area contributed by atoms with Crippen LogP contribution in [0, 0.1) is 0 Å². The number of benzene rings is 3. The summed E-state index contributed by atoms with van der Waals surface area (Å²) in [6.07, 6.45) is -11.8. The molecule has 2 aliphatic heterocycles. The van der Waals surface area contributed by atoms with Gasteiger partial charge in [-0.3, -0.25) is 9.59 Å². The molecule has 0 unspecified atom stereocenters. The number of nitrogens with one attached hydrogen (secondary N) is 2. The highest BCUT2D eigenvalue weighted by Crippen LogP contribution is 2.29. The smallest absolute Gasteiger partial charge is 0.338 e. The monoisotopic (exact) mass is 902 g/mol. The van der Waals surface area contributed by atoms with E-state index < -0.39 is 73.3 Å². The quantitative estimate of drug-likeness (QED) is 0.0413. The number of esters is 1. The Morgan fingerprint density at radius 3 is 1.61 bits per heavy atom. The average molecular weight is 903 g/mol. The Morgan fingerprint density at radius 2 is 1.08 bits per heavy atom. The molecule has 0 radical (unpaired) electrons. The summed E-state index contributed by atoms with van der Waals surface area (Å²) in [6.45, 7) is 3.45. The molecule has 8 N–H and O–H groups in total. The molecule has 2 aliphatic rings. The third-order valence-corrected chi connectivity index (χ3v) is 10.1. The number of amides is 2. The maximum absolute atomic E-state index is 13.2. The highest BCUT2D eigenvalue weighted by molar-refractivity contribution is 5.92. The van der Waals surface area contributed by atoms with Gasteiger partial charge in [-0.25, -0.2) is 4.79 Å². The van der Waals surface area contributed by atoms with Gasteiger partial charge in [-0.15, -0.1) is 0 Å². The van der Waals surface area contributed by atoms with Crippen LogP contribution in [0.2, 0.25) is 0 Å². The number of hydrogen-bond acceptors (Lipinski definition) is 18.